The number of benzene rings is 3. The van der Waals surface area contributed by atoms with Crippen molar-refractivity contribution in [3.8, 4) is 0 Å². The predicted octanol–water partition coefficient (Wildman–Crippen LogP) is 7.23. The Kier molecular flexibility index (Phi) is 6.74. The number of hydrogen-bond donors (Lipinski definition) is 0. The molecule has 0 amide bonds. The van der Waals surface area contributed by atoms with E-state index in [4.69, 9.17) is 0 Å². The van der Waals surface area contributed by atoms with E-state index in [1.54, 1.807) is 0 Å². The quantitative estimate of drug-likeness (QED) is 0.397. The van der Waals surface area contributed by atoms with Crippen LogP contribution in [-0.2, 0) is 11.2 Å². The molecule has 2 heteroatoms. The molecule has 0 heterocycles. The van der Waals surface area contributed by atoms with Gasteiger partial charge in [-0.3, -0.25) is 4.79 Å². The lowest BCUT2D eigenvalue weighted by molar-refractivity contribution is 0.0982. The van der Waals surface area contributed by atoms with Gasteiger partial charge in [0.05, 0.1) is 0 Å². The first kappa shape index (κ1) is 20.4. The van der Waals surface area contributed by atoms with E-state index in [0.717, 1.165) is 11.3 Å². The summed E-state index contributed by atoms with van der Waals surface area (Å²) < 4.78 is 0. The third-order valence-electron chi connectivity index (χ3n) is 4.91. The second-order valence-corrected chi connectivity index (χ2v) is 9.34. The van der Waals surface area contributed by atoms with Gasteiger partial charge in [-0.1, -0.05) is 106 Å². The molecule has 1 nitrogen and oxygen atoms in total. The Bertz CT molecular complexity index is 877. The number of thioether (sulfide) groups is 1. The molecule has 0 N–H and O–H groups in total. The summed E-state index contributed by atoms with van der Waals surface area (Å²) in [6.45, 7) is 6.70. The first-order valence-corrected chi connectivity index (χ1v) is 10.8. The Morgan fingerprint density at radius 1 is 0.821 bits per heavy atom. The molecule has 3 rings (SSSR count). The summed E-state index contributed by atoms with van der Waals surface area (Å²) in [5.41, 5.74) is 4.81. The number of carbonyl (C=O) groups excluding carboxylic acids is 1. The third kappa shape index (κ3) is 5.59. The van der Waals surface area contributed by atoms with Crippen LogP contribution in [0.1, 0.15) is 59.5 Å². The van der Waals surface area contributed by atoms with Crippen LogP contribution in [-0.4, -0.2) is 5.78 Å². The van der Waals surface area contributed by atoms with Crippen LogP contribution in [0.5, 0.6) is 0 Å². The van der Waals surface area contributed by atoms with Gasteiger partial charge in [0.1, 0.15) is 0 Å². The maximum atomic E-state index is 12.8. The molecule has 0 aliphatic heterocycles. The molecule has 3 aromatic carbocycles. The Balaban J connectivity index is 1.72. The summed E-state index contributed by atoms with van der Waals surface area (Å²) in [6, 6.07) is 28.9. The van der Waals surface area contributed by atoms with Crippen molar-refractivity contribution in [3.63, 3.8) is 0 Å². The average Bonchev–Trinajstić information content (AvgIpc) is 2.72. The van der Waals surface area contributed by atoms with E-state index in [0.29, 0.717) is 6.42 Å². The van der Waals surface area contributed by atoms with Crippen molar-refractivity contribution in [3.05, 3.63) is 107 Å². The van der Waals surface area contributed by atoms with Crippen molar-refractivity contribution in [2.45, 2.75) is 43.6 Å². The number of Topliss-reactive ketones (excluding diaryl/α,β-unsaturated/α-hetero) is 1. The van der Waals surface area contributed by atoms with Crippen LogP contribution in [0, 0.1) is 0 Å². The van der Waals surface area contributed by atoms with Crippen molar-refractivity contribution in [1.29, 1.82) is 0 Å². The summed E-state index contributed by atoms with van der Waals surface area (Å²) in [7, 11) is 0. The van der Waals surface area contributed by atoms with Crippen molar-refractivity contribution < 1.29 is 4.79 Å². The van der Waals surface area contributed by atoms with Gasteiger partial charge in [-0.15, -0.1) is 11.8 Å². The zero-order valence-electron chi connectivity index (χ0n) is 16.9. The van der Waals surface area contributed by atoms with Gasteiger partial charge in [-0.05, 0) is 22.1 Å². The first-order chi connectivity index (χ1) is 13.4. The Morgan fingerprint density at radius 3 is 1.96 bits per heavy atom. The fourth-order valence-corrected chi connectivity index (χ4v) is 4.35. The molecule has 0 radical (unpaired) electrons. The monoisotopic (exact) mass is 388 g/mol. The summed E-state index contributed by atoms with van der Waals surface area (Å²) in [4.78, 5) is 12.8. The highest BCUT2D eigenvalue weighted by Crippen LogP contribution is 2.36. The van der Waals surface area contributed by atoms with Gasteiger partial charge in [0.2, 0.25) is 0 Å². The molecule has 3 aromatic rings. The lowest BCUT2D eigenvalue weighted by Crippen LogP contribution is -2.10. The van der Waals surface area contributed by atoms with Gasteiger partial charge >= 0.3 is 0 Å². The van der Waals surface area contributed by atoms with Gasteiger partial charge in [0.15, 0.2) is 5.78 Å². The molecule has 0 saturated heterocycles. The topological polar surface area (TPSA) is 17.1 Å². The van der Waals surface area contributed by atoms with Crippen molar-refractivity contribution in [2.24, 2.45) is 0 Å². The molecule has 0 bridgehead atoms. The van der Waals surface area contributed by atoms with Crippen LogP contribution >= 0.6 is 11.8 Å². The van der Waals surface area contributed by atoms with E-state index in [9.17, 15) is 4.79 Å². The van der Waals surface area contributed by atoms with E-state index in [1.165, 1.54) is 16.7 Å². The maximum absolute atomic E-state index is 12.8. The molecule has 0 aliphatic carbocycles. The highest BCUT2D eigenvalue weighted by molar-refractivity contribution is 7.98. The summed E-state index contributed by atoms with van der Waals surface area (Å²) in [6.07, 6.45) is 0.513. The van der Waals surface area contributed by atoms with Gasteiger partial charge in [-0.25, -0.2) is 0 Å². The lowest BCUT2D eigenvalue weighted by atomic mass is 9.87. The minimum atomic E-state index is 0.149. The zero-order chi connectivity index (χ0) is 20.0. The molecule has 144 valence electrons. The van der Waals surface area contributed by atoms with E-state index >= 15 is 0 Å². The Hall–Kier alpha value is -2.32. The normalized spacial score (nSPS) is 12.5. The maximum Gasteiger partial charge on any atom is 0.164 e. The van der Waals surface area contributed by atoms with Crippen LogP contribution in [0.15, 0.2) is 84.9 Å². The largest absolute Gasteiger partial charge is 0.294 e. The van der Waals surface area contributed by atoms with Crippen LogP contribution < -0.4 is 0 Å². The van der Waals surface area contributed by atoms with Gasteiger partial charge < -0.3 is 0 Å². The van der Waals surface area contributed by atoms with Gasteiger partial charge in [0.25, 0.3) is 0 Å². The van der Waals surface area contributed by atoms with Gasteiger partial charge in [-0.2, -0.15) is 0 Å². The van der Waals surface area contributed by atoms with Gasteiger partial charge in [0, 0.05) is 23.0 Å². The predicted molar refractivity (Wildman–Crippen MR) is 121 cm³/mol. The molecule has 0 unspecified atom stereocenters. The second-order valence-electron chi connectivity index (χ2n) is 8.15. The smallest absolute Gasteiger partial charge is 0.164 e. The molecule has 0 aliphatic rings. The molecule has 0 fully saturated rings. The Morgan fingerprint density at radius 2 is 1.39 bits per heavy atom. The van der Waals surface area contributed by atoms with Crippen LogP contribution in [0.25, 0.3) is 0 Å². The van der Waals surface area contributed by atoms with E-state index in [2.05, 4.69) is 57.2 Å². The second kappa shape index (κ2) is 9.25. The van der Waals surface area contributed by atoms with Crippen LogP contribution in [0.4, 0.5) is 0 Å². The molecule has 28 heavy (non-hydrogen) atoms. The Labute approximate surface area is 173 Å². The highest BCUT2D eigenvalue weighted by Gasteiger charge is 2.18. The summed E-state index contributed by atoms with van der Waals surface area (Å²) >= 11 is 1.84. The number of ketones is 1. The molecule has 0 spiro atoms. The highest BCUT2D eigenvalue weighted by atomic mass is 32.2. The fraction of sp³-hybridized carbons (Fsp3) is 0.269. The summed E-state index contributed by atoms with van der Waals surface area (Å²) in [5.74, 6) is 1.09. The average molecular weight is 389 g/mol. The van der Waals surface area contributed by atoms with Crippen LogP contribution in [0.2, 0.25) is 0 Å². The molecular weight excluding hydrogens is 360 g/mol. The molecule has 1 atom stereocenters. The molecule has 0 aromatic heterocycles. The molecular formula is C26H28OS. The van der Waals surface area contributed by atoms with E-state index in [-0.39, 0.29) is 16.4 Å². The number of rotatable bonds is 7. The fourth-order valence-electron chi connectivity index (χ4n) is 3.15. The molecule has 0 saturated carbocycles. The van der Waals surface area contributed by atoms with Crippen molar-refractivity contribution >= 4 is 17.5 Å². The van der Waals surface area contributed by atoms with Crippen molar-refractivity contribution in [1.82, 2.24) is 0 Å². The number of hydrogen-bond acceptors (Lipinski definition) is 2. The minimum absolute atomic E-state index is 0.149. The number of carbonyl (C=O) groups is 1. The summed E-state index contributed by atoms with van der Waals surface area (Å²) in [5, 5.41) is 0.149. The van der Waals surface area contributed by atoms with Crippen LogP contribution in [0.3, 0.4) is 0 Å². The standard InChI is InChI=1S/C26H28OS/c1-26(2,3)23-16-14-20(15-17-23)19-28-25(22-12-8-5-9-13-22)18-24(27)21-10-6-4-7-11-21/h4-17,25H,18-19H2,1-3H3/t25-/m0/s1. The lowest BCUT2D eigenvalue weighted by Gasteiger charge is -2.20. The zero-order valence-corrected chi connectivity index (χ0v) is 17.7. The SMILES string of the molecule is CC(C)(C)c1ccc(CS[C@@H](CC(=O)c2ccccc2)c2ccccc2)cc1. The van der Waals surface area contributed by atoms with E-state index < -0.39 is 0 Å². The van der Waals surface area contributed by atoms with Crippen molar-refractivity contribution in [2.75, 3.05) is 0 Å². The first-order valence-electron chi connectivity index (χ1n) is 9.78. The minimum Gasteiger partial charge on any atom is -0.294 e. The third-order valence-corrected chi connectivity index (χ3v) is 6.25. The van der Waals surface area contributed by atoms with E-state index in [1.807, 2.05) is 60.3 Å².